The molecule has 16 heavy (non-hydrogen) atoms. The minimum absolute atomic E-state index is 0.129. The van der Waals surface area contributed by atoms with Crippen LogP contribution in [0.25, 0.3) is 0 Å². The molecular weight excluding hydrogens is 202 g/mol. The van der Waals surface area contributed by atoms with Gasteiger partial charge in [-0.3, -0.25) is 0 Å². The Bertz CT molecular complexity index is 257. The molecule has 0 aromatic heterocycles. The molecule has 1 fully saturated rings. The first-order chi connectivity index (χ1) is 7.32. The Kier molecular flexibility index (Phi) is 3.87. The van der Waals surface area contributed by atoms with Gasteiger partial charge in [-0.25, -0.2) is 4.79 Å². The van der Waals surface area contributed by atoms with Gasteiger partial charge in [-0.1, -0.05) is 27.7 Å². The van der Waals surface area contributed by atoms with Gasteiger partial charge in [-0.05, 0) is 30.1 Å². The highest BCUT2D eigenvalue weighted by Gasteiger charge is 2.46. The van der Waals surface area contributed by atoms with E-state index in [1.807, 2.05) is 7.05 Å². The van der Waals surface area contributed by atoms with Crippen LogP contribution in [0.3, 0.4) is 0 Å². The highest BCUT2D eigenvalue weighted by Crippen LogP contribution is 2.46. The van der Waals surface area contributed by atoms with Crippen LogP contribution in [0, 0.1) is 17.3 Å². The van der Waals surface area contributed by atoms with Gasteiger partial charge in [0, 0.05) is 13.1 Å². The number of amides is 1. The first-order valence-corrected chi connectivity index (χ1v) is 6.13. The van der Waals surface area contributed by atoms with Crippen LogP contribution in [-0.2, 0) is 4.74 Å². The lowest BCUT2D eigenvalue weighted by Gasteiger charge is -2.42. The van der Waals surface area contributed by atoms with Gasteiger partial charge in [-0.15, -0.1) is 0 Å². The van der Waals surface area contributed by atoms with Gasteiger partial charge < -0.3 is 9.64 Å². The Balaban J connectivity index is 2.86. The van der Waals surface area contributed by atoms with E-state index in [0.29, 0.717) is 17.9 Å². The lowest BCUT2D eigenvalue weighted by molar-refractivity contribution is 0.0451. The van der Waals surface area contributed by atoms with Crippen molar-refractivity contribution >= 4 is 6.09 Å². The number of ether oxygens (including phenoxy) is 1. The van der Waals surface area contributed by atoms with Crippen molar-refractivity contribution in [1.29, 1.82) is 0 Å². The molecule has 0 spiro atoms. The van der Waals surface area contributed by atoms with Gasteiger partial charge in [0.1, 0.15) is 0 Å². The van der Waals surface area contributed by atoms with Crippen LogP contribution in [0.15, 0.2) is 0 Å². The second kappa shape index (κ2) is 4.64. The van der Waals surface area contributed by atoms with Crippen molar-refractivity contribution in [1.82, 2.24) is 4.90 Å². The maximum atomic E-state index is 11.7. The van der Waals surface area contributed by atoms with Gasteiger partial charge in [-0.2, -0.15) is 0 Å². The molecule has 0 aromatic rings. The minimum Gasteiger partial charge on any atom is -0.453 e. The van der Waals surface area contributed by atoms with E-state index >= 15 is 0 Å². The van der Waals surface area contributed by atoms with E-state index in [2.05, 4.69) is 27.7 Å². The zero-order valence-electron chi connectivity index (χ0n) is 11.4. The second-order valence-electron chi connectivity index (χ2n) is 5.84. The maximum Gasteiger partial charge on any atom is 0.409 e. The lowest BCUT2D eigenvalue weighted by atomic mass is 9.72. The summed E-state index contributed by atoms with van der Waals surface area (Å²) in [7, 11) is 3.31. The summed E-state index contributed by atoms with van der Waals surface area (Å²) < 4.78 is 4.83. The molecular formula is C13H25NO2. The van der Waals surface area contributed by atoms with Crippen LogP contribution in [0.2, 0.25) is 0 Å². The molecule has 94 valence electrons. The molecule has 1 aliphatic rings. The van der Waals surface area contributed by atoms with Crippen molar-refractivity contribution in [3.05, 3.63) is 0 Å². The number of carbonyl (C=O) groups excluding carboxylic acids is 1. The van der Waals surface area contributed by atoms with E-state index in [1.54, 1.807) is 4.90 Å². The number of hydrogen-bond donors (Lipinski definition) is 0. The predicted molar refractivity (Wildman–Crippen MR) is 65.3 cm³/mol. The quantitative estimate of drug-likeness (QED) is 0.738. The highest BCUT2D eigenvalue weighted by molar-refractivity contribution is 5.67. The smallest absolute Gasteiger partial charge is 0.409 e. The van der Waals surface area contributed by atoms with Crippen molar-refractivity contribution in [3.63, 3.8) is 0 Å². The molecule has 1 atom stereocenters. The Morgan fingerprint density at radius 1 is 1.38 bits per heavy atom. The molecule has 0 radical (unpaired) electrons. The van der Waals surface area contributed by atoms with Crippen molar-refractivity contribution in [2.45, 2.75) is 46.6 Å². The van der Waals surface area contributed by atoms with Crippen LogP contribution >= 0.6 is 0 Å². The molecule has 0 aliphatic heterocycles. The number of methoxy groups -OCH3 is 1. The molecule has 0 heterocycles. The van der Waals surface area contributed by atoms with Gasteiger partial charge >= 0.3 is 6.09 Å². The van der Waals surface area contributed by atoms with Crippen molar-refractivity contribution in [3.8, 4) is 0 Å². The molecule has 1 amide bonds. The monoisotopic (exact) mass is 227 g/mol. The average molecular weight is 227 g/mol. The molecule has 3 heteroatoms. The molecule has 1 unspecified atom stereocenters. The molecule has 0 bridgehead atoms. The standard InChI is InChI=1S/C13H25NO2/c1-9(2)13(3,4)11(10-7-8-10)14(5)12(15)16-6/h9-11H,7-8H2,1-6H3. The zero-order valence-corrected chi connectivity index (χ0v) is 11.4. The highest BCUT2D eigenvalue weighted by atomic mass is 16.5. The number of hydrogen-bond acceptors (Lipinski definition) is 2. The summed E-state index contributed by atoms with van der Waals surface area (Å²) in [5.74, 6) is 1.20. The first kappa shape index (κ1) is 13.3. The normalized spacial score (nSPS) is 18.4. The summed E-state index contributed by atoms with van der Waals surface area (Å²) >= 11 is 0. The lowest BCUT2D eigenvalue weighted by Crippen LogP contribution is -2.49. The van der Waals surface area contributed by atoms with Crippen molar-refractivity contribution in [2.24, 2.45) is 17.3 Å². The number of rotatable bonds is 4. The van der Waals surface area contributed by atoms with Gasteiger partial charge in [0.05, 0.1) is 7.11 Å². The third-order valence-corrected chi connectivity index (χ3v) is 4.20. The van der Waals surface area contributed by atoms with E-state index < -0.39 is 0 Å². The molecule has 0 N–H and O–H groups in total. The topological polar surface area (TPSA) is 29.5 Å². The Hall–Kier alpha value is -0.730. The fourth-order valence-corrected chi connectivity index (χ4v) is 2.43. The van der Waals surface area contributed by atoms with E-state index in [0.717, 1.165) is 0 Å². The van der Waals surface area contributed by atoms with Gasteiger partial charge in [0.2, 0.25) is 0 Å². The van der Waals surface area contributed by atoms with Crippen molar-refractivity contribution in [2.75, 3.05) is 14.2 Å². The third kappa shape index (κ3) is 2.50. The zero-order chi connectivity index (χ0) is 12.5. The predicted octanol–water partition coefficient (Wildman–Crippen LogP) is 3.15. The van der Waals surface area contributed by atoms with Crippen LogP contribution in [0.5, 0.6) is 0 Å². The Labute approximate surface area is 99.1 Å². The van der Waals surface area contributed by atoms with E-state index in [-0.39, 0.29) is 11.5 Å². The van der Waals surface area contributed by atoms with E-state index in [9.17, 15) is 4.79 Å². The minimum atomic E-state index is -0.217. The van der Waals surface area contributed by atoms with Gasteiger partial charge in [0.15, 0.2) is 0 Å². The first-order valence-electron chi connectivity index (χ1n) is 6.13. The fraction of sp³-hybridized carbons (Fsp3) is 0.923. The van der Waals surface area contributed by atoms with E-state index in [1.165, 1.54) is 20.0 Å². The summed E-state index contributed by atoms with van der Waals surface area (Å²) in [5, 5.41) is 0. The van der Waals surface area contributed by atoms with Crippen molar-refractivity contribution < 1.29 is 9.53 Å². The molecule has 0 aromatic carbocycles. The number of nitrogens with zero attached hydrogens (tertiary/aromatic N) is 1. The molecule has 1 rings (SSSR count). The molecule has 3 nitrogen and oxygen atoms in total. The van der Waals surface area contributed by atoms with Crippen LogP contribution in [0.1, 0.15) is 40.5 Å². The second-order valence-corrected chi connectivity index (χ2v) is 5.84. The number of carbonyl (C=O) groups is 1. The largest absolute Gasteiger partial charge is 0.453 e. The van der Waals surface area contributed by atoms with E-state index in [4.69, 9.17) is 4.74 Å². The third-order valence-electron chi connectivity index (χ3n) is 4.20. The SMILES string of the molecule is COC(=O)N(C)C(C1CC1)C(C)(C)C(C)C. The average Bonchev–Trinajstić information content (AvgIpc) is 3.00. The molecule has 1 saturated carbocycles. The summed E-state index contributed by atoms with van der Waals surface area (Å²) in [6.07, 6.45) is 2.26. The molecule has 0 saturated heterocycles. The van der Waals surface area contributed by atoms with Crippen LogP contribution in [0.4, 0.5) is 4.79 Å². The van der Waals surface area contributed by atoms with Crippen LogP contribution < -0.4 is 0 Å². The maximum absolute atomic E-state index is 11.7. The summed E-state index contributed by atoms with van der Waals surface area (Å²) in [4.78, 5) is 13.4. The molecule has 1 aliphatic carbocycles. The fourth-order valence-electron chi connectivity index (χ4n) is 2.43. The Morgan fingerprint density at radius 3 is 2.19 bits per heavy atom. The van der Waals surface area contributed by atoms with Crippen LogP contribution in [-0.4, -0.2) is 31.2 Å². The Morgan fingerprint density at radius 2 is 1.88 bits per heavy atom. The summed E-state index contributed by atoms with van der Waals surface area (Å²) in [6, 6.07) is 0.292. The van der Waals surface area contributed by atoms with Gasteiger partial charge in [0.25, 0.3) is 0 Å². The summed E-state index contributed by atoms with van der Waals surface area (Å²) in [6.45, 7) is 8.95. The summed E-state index contributed by atoms with van der Waals surface area (Å²) in [5.41, 5.74) is 0.129.